The molecule has 4 aliphatic heterocycles. The summed E-state index contributed by atoms with van der Waals surface area (Å²) in [5, 5.41) is 0. The monoisotopic (exact) mass is 914 g/mol. The first-order chi connectivity index (χ1) is 33.8. The molecular weight excluding hydrogens is 861 g/mol. The molecule has 0 radical (unpaired) electrons. The lowest BCUT2D eigenvalue weighted by Crippen LogP contribution is -2.40. The number of fused-ring (bicyclic) bond motifs is 4. The van der Waals surface area contributed by atoms with Crippen LogP contribution in [0.1, 0.15) is 53.6 Å². The van der Waals surface area contributed by atoms with Crippen molar-refractivity contribution in [2.75, 3.05) is 41.6 Å². The molecule has 5 aliphatic rings. The van der Waals surface area contributed by atoms with Gasteiger partial charge in [-0.1, -0.05) is 68.5 Å². The van der Waals surface area contributed by atoms with Crippen LogP contribution in [0, 0.1) is 0 Å². The summed E-state index contributed by atoms with van der Waals surface area (Å²) < 4.78 is 37.2. The van der Waals surface area contributed by atoms with Crippen molar-refractivity contribution in [1.82, 2.24) is 4.90 Å². The van der Waals surface area contributed by atoms with Crippen LogP contribution >= 0.6 is 0 Å². The molecule has 0 aromatic heterocycles. The average molecular weight is 915 g/mol. The summed E-state index contributed by atoms with van der Waals surface area (Å²) in [5.74, 6) is 7.04. The van der Waals surface area contributed by atoms with Crippen LogP contribution in [0.5, 0.6) is 40.2 Å². The van der Waals surface area contributed by atoms with E-state index in [1.807, 2.05) is 60.7 Å². The summed E-state index contributed by atoms with van der Waals surface area (Å²) in [5.41, 5.74) is 10.2. The van der Waals surface area contributed by atoms with Gasteiger partial charge in [0.15, 0.2) is 20.2 Å². The van der Waals surface area contributed by atoms with Crippen molar-refractivity contribution in [3.8, 4) is 40.2 Å². The van der Waals surface area contributed by atoms with Crippen LogP contribution in [0.15, 0.2) is 182 Å². The number of hydrogen-bond donors (Lipinski definition) is 0. The van der Waals surface area contributed by atoms with Gasteiger partial charge in [-0.25, -0.2) is 0 Å². The van der Waals surface area contributed by atoms with Crippen LogP contribution < -0.4 is 43.1 Å². The normalized spacial score (nSPS) is 17.4. The van der Waals surface area contributed by atoms with Crippen LogP contribution in [0.2, 0.25) is 0 Å². The highest BCUT2D eigenvalue weighted by Crippen LogP contribution is 2.40. The minimum Gasteiger partial charge on any atom is -0.478 e. The molecule has 346 valence electrons. The Morgan fingerprint density at radius 1 is 0.449 bits per heavy atom. The van der Waals surface area contributed by atoms with Crippen molar-refractivity contribution >= 4 is 17.1 Å². The number of para-hydroxylation sites is 2. The first-order valence-electron chi connectivity index (χ1n) is 23.8. The van der Waals surface area contributed by atoms with E-state index in [0.29, 0.717) is 26.9 Å². The average Bonchev–Trinajstić information content (AvgIpc) is 3.41. The van der Waals surface area contributed by atoms with Crippen LogP contribution in [0.3, 0.4) is 0 Å². The molecule has 10 heteroatoms. The summed E-state index contributed by atoms with van der Waals surface area (Å²) >= 11 is 0. The molecule has 0 N–H and O–H groups in total. The summed E-state index contributed by atoms with van der Waals surface area (Å²) in [6, 6.07) is 54.7. The van der Waals surface area contributed by atoms with Gasteiger partial charge in [0.1, 0.15) is 52.7 Å². The van der Waals surface area contributed by atoms with Gasteiger partial charge in [-0.3, -0.25) is 4.90 Å². The van der Waals surface area contributed by atoms with Gasteiger partial charge in [0.25, 0.3) is 0 Å². The Kier molecular flexibility index (Phi) is 11.1. The van der Waals surface area contributed by atoms with E-state index in [4.69, 9.17) is 28.4 Å². The van der Waals surface area contributed by atoms with Crippen LogP contribution in [0.25, 0.3) is 0 Å². The Bertz CT molecular complexity index is 3060. The molecule has 10 nitrogen and oxygen atoms in total. The zero-order valence-electron chi connectivity index (χ0n) is 38.9. The largest absolute Gasteiger partial charge is 0.478 e. The Balaban J connectivity index is 0.653. The van der Waals surface area contributed by atoms with E-state index in [9.17, 15) is 0 Å². The lowest BCUT2D eigenvalue weighted by Gasteiger charge is -2.36. The quantitative estimate of drug-likeness (QED) is 0.132. The second-order valence-electron chi connectivity index (χ2n) is 18.9. The van der Waals surface area contributed by atoms with Gasteiger partial charge in [0.2, 0.25) is 0 Å². The predicted molar refractivity (Wildman–Crippen MR) is 270 cm³/mol. The topological polar surface area (TPSA) is 68.3 Å². The second-order valence-corrected chi connectivity index (χ2v) is 18.9. The first kappa shape index (κ1) is 42.5. The fourth-order valence-corrected chi connectivity index (χ4v) is 9.89. The van der Waals surface area contributed by atoms with E-state index in [-0.39, 0.29) is 11.5 Å². The number of hydrogen-bond acceptors (Lipinski definition) is 10. The number of rotatable bonds is 10. The third-order valence-corrected chi connectivity index (χ3v) is 14.1. The molecule has 7 aromatic carbocycles. The predicted octanol–water partition coefficient (Wildman–Crippen LogP) is 12.3. The molecule has 12 rings (SSSR count). The summed E-state index contributed by atoms with van der Waals surface area (Å²) in [7, 11) is 0. The van der Waals surface area contributed by atoms with Crippen LogP contribution in [-0.2, 0) is 31.6 Å². The van der Waals surface area contributed by atoms with Gasteiger partial charge in [0.05, 0.1) is 0 Å². The first-order valence-corrected chi connectivity index (χ1v) is 23.8. The van der Waals surface area contributed by atoms with E-state index in [1.54, 1.807) is 0 Å². The van der Waals surface area contributed by atoms with E-state index in [2.05, 4.69) is 149 Å². The number of nitrogens with zero attached hydrogens (tertiary/aromatic N) is 4. The van der Waals surface area contributed by atoms with Crippen molar-refractivity contribution in [3.63, 3.8) is 0 Å². The van der Waals surface area contributed by atoms with E-state index < -0.39 is 0 Å². The van der Waals surface area contributed by atoms with Gasteiger partial charge in [-0.15, -0.1) is 0 Å². The van der Waals surface area contributed by atoms with Crippen molar-refractivity contribution in [2.45, 2.75) is 57.9 Å². The van der Waals surface area contributed by atoms with Crippen LogP contribution in [0.4, 0.5) is 17.1 Å². The van der Waals surface area contributed by atoms with Gasteiger partial charge in [-0.05, 0) is 139 Å². The fraction of sp³-hybridized carbons (Fsp3) is 0.220. The smallest absolute Gasteiger partial charge is 0.161 e. The summed E-state index contributed by atoms with van der Waals surface area (Å²) in [6.45, 7) is 9.85. The standard InChI is InChI=1S/C59H54N4O6/c1-59(2,45-11-29-57-43(31-45)35-62(39-66-57)49-17-25-53(26-18-49)68-51-21-13-47(14-22-51)60-33-41-7-3-5-9-55(41)64-37-60)46-12-30-58-44(32-46)36-63(40-67-58)50-19-27-54(28-20-50)69-52-23-15-48(16-24-52)61-34-42-8-4-6-10-56(42)65-38-61/h3-19,21-32,50H,20,33-40H2,1-2H3. The molecule has 0 amide bonds. The zero-order valence-corrected chi connectivity index (χ0v) is 38.9. The molecule has 1 atom stereocenters. The van der Waals surface area contributed by atoms with Gasteiger partial charge >= 0.3 is 0 Å². The lowest BCUT2D eigenvalue weighted by molar-refractivity contribution is 0.0719. The van der Waals surface area contributed by atoms with Gasteiger partial charge < -0.3 is 43.1 Å². The molecule has 7 aromatic rings. The fourth-order valence-electron chi connectivity index (χ4n) is 9.89. The number of allylic oxidation sites excluding steroid dienone is 1. The van der Waals surface area contributed by atoms with E-state index in [1.165, 1.54) is 33.4 Å². The molecule has 0 saturated heterocycles. The third kappa shape index (κ3) is 8.80. The highest BCUT2D eigenvalue weighted by molar-refractivity contribution is 5.57. The number of anilines is 3. The SMILES string of the molecule is CC(C)(c1ccc2c(c1)CN(c1ccc(Oc3ccc(N4COc5ccccc5C4)cc3)cc1)CO2)c1ccc2c(c1)CN(C1C=CC(Oc3ccc(N4COc5ccccc5C4)cc3)=CC1)CO2. The Morgan fingerprint density at radius 3 is 1.38 bits per heavy atom. The molecule has 69 heavy (non-hydrogen) atoms. The molecule has 0 spiro atoms. The number of benzene rings is 7. The molecule has 1 unspecified atom stereocenters. The maximum absolute atomic E-state index is 6.36. The maximum Gasteiger partial charge on any atom is 0.161 e. The minimum atomic E-state index is -0.260. The number of ether oxygens (including phenoxy) is 6. The Labute approximate surface area is 403 Å². The van der Waals surface area contributed by atoms with E-state index in [0.717, 1.165) is 95.7 Å². The molecule has 1 aliphatic carbocycles. The molecular formula is C59H54N4O6. The van der Waals surface area contributed by atoms with Crippen molar-refractivity contribution in [3.05, 3.63) is 215 Å². The lowest BCUT2D eigenvalue weighted by atomic mass is 9.77. The summed E-state index contributed by atoms with van der Waals surface area (Å²) in [6.07, 6.45) is 7.34. The Morgan fingerprint density at radius 2 is 0.884 bits per heavy atom. The maximum atomic E-state index is 6.36. The molecule has 0 saturated carbocycles. The minimum absolute atomic E-state index is 0.205. The van der Waals surface area contributed by atoms with E-state index >= 15 is 0 Å². The van der Waals surface area contributed by atoms with Gasteiger partial charge in [-0.2, -0.15) is 0 Å². The van der Waals surface area contributed by atoms with Gasteiger partial charge in [0, 0.05) is 77.0 Å². The third-order valence-electron chi connectivity index (χ3n) is 14.1. The van der Waals surface area contributed by atoms with Crippen molar-refractivity contribution in [1.29, 1.82) is 0 Å². The Hall–Kier alpha value is -7.82. The van der Waals surface area contributed by atoms with Crippen LogP contribution in [-0.4, -0.2) is 37.9 Å². The molecule has 0 bridgehead atoms. The summed E-state index contributed by atoms with van der Waals surface area (Å²) in [4.78, 5) is 9.09. The molecule has 4 heterocycles. The second kappa shape index (κ2) is 18.0. The van der Waals surface area contributed by atoms with Crippen molar-refractivity contribution in [2.24, 2.45) is 0 Å². The highest BCUT2D eigenvalue weighted by atomic mass is 16.5. The van der Waals surface area contributed by atoms with Crippen molar-refractivity contribution < 1.29 is 28.4 Å². The zero-order chi connectivity index (χ0) is 46.3. The molecule has 0 fully saturated rings. The highest BCUT2D eigenvalue weighted by Gasteiger charge is 2.30.